The van der Waals surface area contributed by atoms with Crippen LogP contribution in [-0.4, -0.2) is 23.4 Å². The molecule has 0 aromatic heterocycles. The first-order valence-electron chi connectivity index (χ1n) is 6.34. The number of amides is 1. The average molecular weight is 300 g/mol. The third kappa shape index (κ3) is 4.18. The van der Waals surface area contributed by atoms with E-state index in [4.69, 9.17) is 0 Å². The minimum atomic E-state index is -0.465. The SMILES string of the molecule is Cc1ccc([N+](=O)[O-])cc1NC(=O)CC1CCCN1.Cl. The van der Waals surface area contributed by atoms with E-state index in [0.29, 0.717) is 12.1 Å². The van der Waals surface area contributed by atoms with Crippen molar-refractivity contribution < 1.29 is 9.72 Å². The molecular weight excluding hydrogens is 282 g/mol. The van der Waals surface area contributed by atoms with Gasteiger partial charge in [-0.1, -0.05) is 6.07 Å². The van der Waals surface area contributed by atoms with E-state index in [9.17, 15) is 14.9 Å². The number of halogens is 1. The van der Waals surface area contributed by atoms with E-state index in [1.807, 2.05) is 6.92 Å². The number of nitrogens with zero attached hydrogens (tertiary/aromatic N) is 1. The summed E-state index contributed by atoms with van der Waals surface area (Å²) in [5.74, 6) is -0.108. The summed E-state index contributed by atoms with van der Waals surface area (Å²) in [4.78, 5) is 22.1. The number of rotatable bonds is 4. The van der Waals surface area contributed by atoms with Crippen LogP contribution in [0.15, 0.2) is 18.2 Å². The van der Waals surface area contributed by atoms with Crippen LogP contribution < -0.4 is 10.6 Å². The maximum atomic E-state index is 11.9. The predicted molar refractivity (Wildman–Crippen MR) is 79.4 cm³/mol. The predicted octanol–water partition coefficient (Wildman–Crippen LogP) is 2.41. The molecule has 1 aromatic carbocycles. The molecule has 1 aliphatic rings. The number of aryl methyl sites for hydroxylation is 1. The molecule has 0 spiro atoms. The first-order chi connectivity index (χ1) is 9.06. The molecule has 20 heavy (non-hydrogen) atoms. The van der Waals surface area contributed by atoms with Crippen LogP contribution in [-0.2, 0) is 4.79 Å². The Hall–Kier alpha value is -1.66. The summed E-state index contributed by atoms with van der Waals surface area (Å²) in [5, 5.41) is 16.7. The van der Waals surface area contributed by atoms with Gasteiger partial charge in [0.1, 0.15) is 0 Å². The van der Waals surface area contributed by atoms with E-state index in [-0.39, 0.29) is 30.0 Å². The number of nitro benzene ring substituents is 1. The van der Waals surface area contributed by atoms with Crippen LogP contribution in [0.1, 0.15) is 24.8 Å². The minimum Gasteiger partial charge on any atom is -0.326 e. The lowest BCUT2D eigenvalue weighted by Crippen LogP contribution is -2.27. The Morgan fingerprint density at radius 1 is 1.55 bits per heavy atom. The molecule has 1 amide bonds. The van der Waals surface area contributed by atoms with Crippen molar-refractivity contribution >= 4 is 29.7 Å². The lowest BCUT2D eigenvalue weighted by Gasteiger charge is -2.11. The zero-order valence-electron chi connectivity index (χ0n) is 11.2. The molecule has 0 aliphatic carbocycles. The molecule has 1 atom stereocenters. The summed E-state index contributed by atoms with van der Waals surface area (Å²) in [6, 6.07) is 4.69. The van der Waals surface area contributed by atoms with Gasteiger partial charge in [0.05, 0.1) is 10.6 Å². The quantitative estimate of drug-likeness (QED) is 0.660. The summed E-state index contributed by atoms with van der Waals surface area (Å²) in [7, 11) is 0. The molecule has 7 heteroatoms. The van der Waals surface area contributed by atoms with Gasteiger partial charge in [-0.05, 0) is 31.9 Å². The van der Waals surface area contributed by atoms with Crippen LogP contribution in [0.25, 0.3) is 0 Å². The Kier molecular flexibility index (Phi) is 5.91. The van der Waals surface area contributed by atoms with Gasteiger partial charge in [0.15, 0.2) is 0 Å². The van der Waals surface area contributed by atoms with Crippen LogP contribution >= 0.6 is 12.4 Å². The van der Waals surface area contributed by atoms with Crippen LogP contribution in [0.5, 0.6) is 0 Å². The summed E-state index contributed by atoms with van der Waals surface area (Å²) in [6.45, 7) is 2.76. The van der Waals surface area contributed by atoms with E-state index in [2.05, 4.69) is 10.6 Å². The summed E-state index contributed by atoms with van der Waals surface area (Å²) in [6.07, 6.45) is 2.50. The minimum absolute atomic E-state index is 0. The van der Waals surface area contributed by atoms with E-state index in [0.717, 1.165) is 24.9 Å². The Morgan fingerprint density at radius 3 is 2.90 bits per heavy atom. The molecule has 6 nitrogen and oxygen atoms in total. The molecule has 2 N–H and O–H groups in total. The first-order valence-corrected chi connectivity index (χ1v) is 6.34. The van der Waals surface area contributed by atoms with Gasteiger partial charge in [-0.15, -0.1) is 12.4 Å². The zero-order chi connectivity index (χ0) is 13.8. The Labute approximate surface area is 123 Å². The lowest BCUT2D eigenvalue weighted by atomic mass is 10.1. The molecular formula is C13H18ClN3O3. The molecule has 1 heterocycles. The third-order valence-electron chi connectivity index (χ3n) is 3.30. The molecule has 2 rings (SSSR count). The molecule has 1 saturated heterocycles. The van der Waals surface area contributed by atoms with Gasteiger partial charge in [-0.3, -0.25) is 14.9 Å². The van der Waals surface area contributed by atoms with Crippen LogP contribution in [0, 0.1) is 17.0 Å². The van der Waals surface area contributed by atoms with Crippen LogP contribution in [0.4, 0.5) is 11.4 Å². The molecule has 0 radical (unpaired) electrons. The first kappa shape index (κ1) is 16.4. The highest BCUT2D eigenvalue weighted by atomic mass is 35.5. The molecule has 1 fully saturated rings. The highest BCUT2D eigenvalue weighted by Crippen LogP contribution is 2.22. The standard InChI is InChI=1S/C13H17N3O3.ClH/c1-9-4-5-11(16(18)19)8-12(9)15-13(17)7-10-3-2-6-14-10;/h4-5,8,10,14H,2-3,6-7H2,1H3,(H,15,17);1H. The molecule has 1 aromatic rings. The van der Waals surface area contributed by atoms with E-state index < -0.39 is 4.92 Å². The fraction of sp³-hybridized carbons (Fsp3) is 0.462. The van der Waals surface area contributed by atoms with Crippen molar-refractivity contribution in [3.05, 3.63) is 33.9 Å². The van der Waals surface area contributed by atoms with E-state index in [1.54, 1.807) is 6.07 Å². The van der Waals surface area contributed by atoms with Gasteiger partial charge >= 0.3 is 0 Å². The second-order valence-electron chi connectivity index (χ2n) is 4.80. The number of non-ortho nitro benzene ring substituents is 1. The van der Waals surface area contributed by atoms with Crippen molar-refractivity contribution in [1.82, 2.24) is 5.32 Å². The summed E-state index contributed by atoms with van der Waals surface area (Å²) < 4.78 is 0. The Bertz CT molecular complexity index is 502. The fourth-order valence-corrected chi connectivity index (χ4v) is 2.21. The number of nitro groups is 1. The fourth-order valence-electron chi connectivity index (χ4n) is 2.21. The highest BCUT2D eigenvalue weighted by Gasteiger charge is 2.18. The molecule has 0 bridgehead atoms. The number of anilines is 1. The molecule has 110 valence electrons. The van der Waals surface area contributed by atoms with Crippen molar-refractivity contribution in [1.29, 1.82) is 0 Å². The van der Waals surface area contributed by atoms with Crippen molar-refractivity contribution in [3.8, 4) is 0 Å². The number of hydrogen-bond donors (Lipinski definition) is 2. The molecule has 1 unspecified atom stereocenters. The van der Waals surface area contributed by atoms with Gasteiger partial charge in [0.25, 0.3) is 5.69 Å². The van der Waals surface area contributed by atoms with Crippen molar-refractivity contribution in [2.24, 2.45) is 0 Å². The molecule has 1 aliphatic heterocycles. The molecule has 0 saturated carbocycles. The largest absolute Gasteiger partial charge is 0.326 e. The number of nitrogens with one attached hydrogen (secondary N) is 2. The monoisotopic (exact) mass is 299 g/mol. The summed E-state index contributed by atoms with van der Waals surface area (Å²) in [5.41, 5.74) is 1.32. The second-order valence-corrected chi connectivity index (χ2v) is 4.80. The Balaban J connectivity index is 0.00000200. The normalized spacial score (nSPS) is 17.4. The van der Waals surface area contributed by atoms with Crippen LogP contribution in [0.3, 0.4) is 0 Å². The number of carbonyl (C=O) groups excluding carboxylic acids is 1. The lowest BCUT2D eigenvalue weighted by molar-refractivity contribution is -0.384. The van der Waals surface area contributed by atoms with E-state index in [1.165, 1.54) is 12.1 Å². The number of benzene rings is 1. The number of hydrogen-bond acceptors (Lipinski definition) is 4. The maximum Gasteiger partial charge on any atom is 0.271 e. The Morgan fingerprint density at radius 2 is 2.30 bits per heavy atom. The van der Waals surface area contributed by atoms with Gasteiger partial charge in [0.2, 0.25) is 5.91 Å². The second kappa shape index (κ2) is 7.21. The maximum absolute atomic E-state index is 11.9. The number of carbonyl (C=O) groups is 1. The average Bonchev–Trinajstić information content (AvgIpc) is 2.84. The smallest absolute Gasteiger partial charge is 0.271 e. The van der Waals surface area contributed by atoms with Gasteiger partial charge < -0.3 is 10.6 Å². The highest BCUT2D eigenvalue weighted by molar-refractivity contribution is 5.92. The summed E-state index contributed by atoms with van der Waals surface area (Å²) >= 11 is 0. The van der Waals surface area contributed by atoms with Gasteiger partial charge in [-0.25, -0.2) is 0 Å². The van der Waals surface area contributed by atoms with Crippen LogP contribution in [0.2, 0.25) is 0 Å². The third-order valence-corrected chi connectivity index (χ3v) is 3.30. The van der Waals surface area contributed by atoms with Crippen molar-refractivity contribution in [2.45, 2.75) is 32.2 Å². The zero-order valence-corrected chi connectivity index (χ0v) is 12.0. The topological polar surface area (TPSA) is 84.3 Å². The van der Waals surface area contributed by atoms with Gasteiger partial charge in [-0.2, -0.15) is 0 Å². The van der Waals surface area contributed by atoms with Gasteiger partial charge in [0, 0.05) is 24.6 Å². The van der Waals surface area contributed by atoms with Crippen molar-refractivity contribution in [3.63, 3.8) is 0 Å². The van der Waals surface area contributed by atoms with Crippen molar-refractivity contribution in [2.75, 3.05) is 11.9 Å². The van der Waals surface area contributed by atoms with E-state index >= 15 is 0 Å².